The molecule has 0 saturated heterocycles. The van der Waals surface area contributed by atoms with Crippen LogP contribution in [0.15, 0.2) is 54.6 Å². The van der Waals surface area contributed by atoms with Gasteiger partial charge in [-0.2, -0.15) is 0 Å². The smallest absolute Gasteiger partial charge is 0.324 e. The predicted octanol–water partition coefficient (Wildman–Crippen LogP) is 4.44. The first kappa shape index (κ1) is 20.0. The van der Waals surface area contributed by atoms with E-state index in [4.69, 9.17) is 21.1 Å². The third kappa shape index (κ3) is 5.33. The summed E-state index contributed by atoms with van der Waals surface area (Å²) >= 11 is 6.05. The van der Waals surface area contributed by atoms with E-state index in [1.165, 1.54) is 0 Å². The van der Waals surface area contributed by atoms with Gasteiger partial charge < -0.3 is 9.47 Å². The second-order valence-electron chi connectivity index (χ2n) is 6.38. The van der Waals surface area contributed by atoms with Gasteiger partial charge in [0.15, 0.2) is 5.60 Å². The maximum Gasteiger partial charge on any atom is 0.324 e. The summed E-state index contributed by atoms with van der Waals surface area (Å²) in [5.74, 6) is 0.0553. The third-order valence-electron chi connectivity index (χ3n) is 3.84. The lowest BCUT2D eigenvalue weighted by Gasteiger charge is -2.25. The average molecular weight is 375 g/mol. The Labute approximate surface area is 159 Å². The number of benzene rings is 2. The fraction of sp³-hybridized carbons (Fsp3) is 0.333. The van der Waals surface area contributed by atoms with Crippen molar-refractivity contribution in [3.63, 3.8) is 0 Å². The topological polar surface area (TPSA) is 52.6 Å². The Balaban J connectivity index is 2.02. The molecule has 0 heterocycles. The van der Waals surface area contributed by atoms with E-state index in [0.717, 1.165) is 5.56 Å². The highest BCUT2D eigenvalue weighted by Gasteiger charge is 2.30. The highest BCUT2D eigenvalue weighted by atomic mass is 35.5. The molecule has 0 saturated carbocycles. The van der Waals surface area contributed by atoms with Gasteiger partial charge in [0.25, 0.3) is 0 Å². The van der Waals surface area contributed by atoms with Gasteiger partial charge in [-0.3, -0.25) is 9.59 Å². The molecule has 0 fully saturated rings. The molecule has 2 aromatic rings. The first-order valence-electron chi connectivity index (χ1n) is 8.52. The quantitative estimate of drug-likeness (QED) is 0.389. The van der Waals surface area contributed by atoms with E-state index in [2.05, 4.69) is 0 Å². The van der Waals surface area contributed by atoms with Crippen LogP contribution in [0.3, 0.4) is 0 Å². The number of rotatable bonds is 8. The maximum atomic E-state index is 12.6. The SMILES string of the molecule is CCOC(=O)C(Cl)Cc1ccc(OC(C)(C)C(=O)c2ccccc2)cc1. The number of Topliss-reactive ketones (excluding diaryl/α,β-unsaturated/α-hetero) is 1. The average Bonchev–Trinajstić information content (AvgIpc) is 2.63. The van der Waals surface area contributed by atoms with Crippen LogP contribution in [0.5, 0.6) is 5.75 Å². The molecule has 0 amide bonds. The summed E-state index contributed by atoms with van der Waals surface area (Å²) < 4.78 is 10.8. The molecule has 0 radical (unpaired) electrons. The van der Waals surface area contributed by atoms with Gasteiger partial charge in [0.1, 0.15) is 11.1 Å². The lowest BCUT2D eigenvalue weighted by molar-refractivity contribution is -0.142. The van der Waals surface area contributed by atoms with Crippen molar-refractivity contribution >= 4 is 23.4 Å². The molecule has 0 aromatic heterocycles. The molecule has 0 N–H and O–H groups in total. The molecule has 2 rings (SSSR count). The van der Waals surface area contributed by atoms with Crippen molar-refractivity contribution < 1.29 is 19.1 Å². The lowest BCUT2D eigenvalue weighted by atomic mass is 9.96. The minimum Gasteiger partial charge on any atom is -0.480 e. The Bertz CT molecular complexity index is 738. The zero-order chi connectivity index (χ0) is 19.2. The number of carbonyl (C=O) groups is 2. The molecule has 0 aliphatic rings. The van der Waals surface area contributed by atoms with E-state index >= 15 is 0 Å². The number of ketones is 1. The standard InChI is InChI=1S/C21H23ClO4/c1-4-25-20(24)18(22)14-15-10-12-17(13-11-15)26-21(2,3)19(23)16-8-6-5-7-9-16/h5-13,18H,4,14H2,1-3H3. The molecule has 1 unspecified atom stereocenters. The summed E-state index contributed by atoms with van der Waals surface area (Å²) in [7, 11) is 0. The van der Waals surface area contributed by atoms with Gasteiger partial charge in [-0.1, -0.05) is 42.5 Å². The third-order valence-corrected chi connectivity index (χ3v) is 4.17. The van der Waals surface area contributed by atoms with Crippen LogP contribution in [0.2, 0.25) is 0 Å². The van der Waals surface area contributed by atoms with Gasteiger partial charge in [0, 0.05) is 5.56 Å². The van der Waals surface area contributed by atoms with Gasteiger partial charge >= 0.3 is 5.97 Å². The second-order valence-corrected chi connectivity index (χ2v) is 6.90. The van der Waals surface area contributed by atoms with E-state index < -0.39 is 16.9 Å². The summed E-state index contributed by atoms with van der Waals surface area (Å²) in [5, 5.41) is -0.724. The Morgan fingerprint density at radius 3 is 2.23 bits per heavy atom. The molecular formula is C21H23ClO4. The van der Waals surface area contributed by atoms with Crippen LogP contribution in [0.25, 0.3) is 0 Å². The summed E-state index contributed by atoms with van der Waals surface area (Å²) in [6.07, 6.45) is 0.368. The molecule has 1 atom stereocenters. The molecule has 0 aliphatic carbocycles. The van der Waals surface area contributed by atoms with E-state index in [-0.39, 0.29) is 5.78 Å². The molecule has 0 spiro atoms. The Morgan fingerprint density at radius 1 is 1.04 bits per heavy atom. The van der Waals surface area contributed by atoms with Gasteiger partial charge in [-0.25, -0.2) is 0 Å². The van der Waals surface area contributed by atoms with E-state index in [1.54, 1.807) is 45.0 Å². The number of carbonyl (C=O) groups excluding carboxylic acids is 2. The monoisotopic (exact) mass is 374 g/mol. The highest BCUT2D eigenvalue weighted by molar-refractivity contribution is 6.30. The van der Waals surface area contributed by atoms with Crippen molar-refractivity contribution in [1.82, 2.24) is 0 Å². The van der Waals surface area contributed by atoms with Crippen molar-refractivity contribution in [2.75, 3.05) is 6.61 Å². The molecule has 4 nitrogen and oxygen atoms in total. The van der Waals surface area contributed by atoms with Gasteiger partial charge in [-0.05, 0) is 44.9 Å². The second kappa shape index (κ2) is 8.86. The number of alkyl halides is 1. The molecule has 5 heteroatoms. The van der Waals surface area contributed by atoms with Crippen LogP contribution in [0.4, 0.5) is 0 Å². The minimum absolute atomic E-state index is 0.0923. The number of esters is 1. The van der Waals surface area contributed by atoms with Gasteiger partial charge in [0.2, 0.25) is 5.78 Å². The lowest BCUT2D eigenvalue weighted by Crippen LogP contribution is -2.38. The van der Waals surface area contributed by atoms with Crippen LogP contribution >= 0.6 is 11.6 Å². The first-order valence-corrected chi connectivity index (χ1v) is 8.95. The van der Waals surface area contributed by atoms with Crippen LogP contribution in [0, 0.1) is 0 Å². The van der Waals surface area contributed by atoms with Crippen LogP contribution in [-0.2, 0) is 16.0 Å². The van der Waals surface area contributed by atoms with Crippen molar-refractivity contribution in [2.45, 2.75) is 38.2 Å². The molecule has 2 aromatic carbocycles. The van der Waals surface area contributed by atoms with Crippen molar-refractivity contribution in [3.05, 3.63) is 65.7 Å². The number of hydrogen-bond donors (Lipinski definition) is 0. The summed E-state index contributed by atoms with van der Waals surface area (Å²) in [5.41, 5.74) is 0.495. The zero-order valence-corrected chi connectivity index (χ0v) is 16.0. The summed E-state index contributed by atoms with van der Waals surface area (Å²) in [6, 6.07) is 16.2. The zero-order valence-electron chi connectivity index (χ0n) is 15.2. The van der Waals surface area contributed by atoms with Crippen molar-refractivity contribution in [3.8, 4) is 5.75 Å². The highest BCUT2D eigenvalue weighted by Crippen LogP contribution is 2.23. The molecule has 0 aliphatic heterocycles. The number of hydrogen-bond acceptors (Lipinski definition) is 4. The van der Waals surface area contributed by atoms with Crippen LogP contribution in [-0.4, -0.2) is 29.3 Å². The predicted molar refractivity (Wildman–Crippen MR) is 102 cm³/mol. The fourth-order valence-corrected chi connectivity index (χ4v) is 2.74. The van der Waals surface area contributed by atoms with Crippen molar-refractivity contribution in [1.29, 1.82) is 0 Å². The van der Waals surface area contributed by atoms with E-state index in [0.29, 0.717) is 24.3 Å². The van der Waals surface area contributed by atoms with Gasteiger partial charge in [0.05, 0.1) is 6.61 Å². The summed E-state index contributed by atoms with van der Waals surface area (Å²) in [4.78, 5) is 24.2. The largest absolute Gasteiger partial charge is 0.480 e. The molecular weight excluding hydrogens is 352 g/mol. The van der Waals surface area contributed by atoms with Gasteiger partial charge in [-0.15, -0.1) is 11.6 Å². The minimum atomic E-state index is -0.997. The fourth-order valence-electron chi connectivity index (χ4n) is 2.49. The number of ether oxygens (including phenoxy) is 2. The maximum absolute atomic E-state index is 12.6. The molecule has 26 heavy (non-hydrogen) atoms. The van der Waals surface area contributed by atoms with E-state index in [1.807, 2.05) is 30.3 Å². The van der Waals surface area contributed by atoms with E-state index in [9.17, 15) is 9.59 Å². The number of halogens is 1. The Morgan fingerprint density at radius 2 is 1.65 bits per heavy atom. The normalized spacial score (nSPS) is 12.3. The Kier molecular flexibility index (Phi) is 6.81. The van der Waals surface area contributed by atoms with Crippen LogP contribution < -0.4 is 4.74 Å². The van der Waals surface area contributed by atoms with Crippen LogP contribution in [0.1, 0.15) is 36.7 Å². The Hall–Kier alpha value is -2.33. The molecule has 0 bridgehead atoms. The molecule has 138 valence electrons. The van der Waals surface area contributed by atoms with Crippen molar-refractivity contribution in [2.24, 2.45) is 0 Å². The summed E-state index contributed by atoms with van der Waals surface area (Å²) in [6.45, 7) is 5.53. The first-order chi connectivity index (χ1) is 12.3.